The summed E-state index contributed by atoms with van der Waals surface area (Å²) in [5.74, 6) is 0. The molecule has 3 heteroatoms. The van der Waals surface area contributed by atoms with Gasteiger partial charge in [0.05, 0.1) is 0 Å². The van der Waals surface area contributed by atoms with Crippen LogP contribution in [-0.4, -0.2) is 41.0 Å². The monoisotopic (exact) mass is 237 g/mol. The van der Waals surface area contributed by atoms with Crippen molar-refractivity contribution < 1.29 is 0 Å². The first-order valence-corrected chi connectivity index (χ1v) is 2.68. The Morgan fingerprint density at radius 3 is 2.00 bits per heavy atom. The van der Waals surface area contributed by atoms with Crippen LogP contribution in [0.5, 0.6) is 0 Å². The molecular weight excluding hydrogens is 233 g/mol. The molecule has 0 fully saturated rings. The quantitative estimate of drug-likeness (QED) is 0.421. The zero-order chi connectivity index (χ0) is 3.58. The van der Waals surface area contributed by atoms with Crippen LogP contribution in [0, 0.1) is 5.41 Å². The van der Waals surface area contributed by atoms with Gasteiger partial charge in [-0.2, -0.15) is 0 Å². The van der Waals surface area contributed by atoms with E-state index in [9.17, 15) is 0 Å². The van der Waals surface area contributed by atoms with E-state index < -0.39 is 0 Å². The number of nitrogens with one attached hydrogen (secondary N) is 1. The van der Waals surface area contributed by atoms with Crippen molar-refractivity contribution in [2.45, 2.75) is 0 Å². The topological polar surface area (TPSA) is 23.9 Å². The molecule has 22 valence electrons. The second kappa shape index (κ2) is 2.23. The molecule has 0 aromatic heterocycles. The maximum atomic E-state index is 6.45. The second-order valence-electron chi connectivity index (χ2n) is 0.287. The number of hydrogen-bond donors (Lipinski definition) is 1. The van der Waals surface area contributed by atoms with Gasteiger partial charge in [0.15, 0.2) is 0 Å². The van der Waals surface area contributed by atoms with Gasteiger partial charge in [0, 0.05) is 0 Å². The van der Waals surface area contributed by atoms with Crippen LogP contribution in [0.4, 0.5) is 0 Å². The van der Waals surface area contributed by atoms with Crippen LogP contribution in [0.25, 0.3) is 0 Å². The molecule has 0 aliphatic heterocycles. The van der Waals surface area contributed by atoms with Gasteiger partial charge in [0.1, 0.15) is 0 Å². The molecule has 0 spiro atoms. The van der Waals surface area contributed by atoms with E-state index in [1.54, 1.807) is 22.3 Å². The Labute approximate surface area is 46.4 Å². The van der Waals surface area contributed by atoms with Crippen LogP contribution in [0.3, 0.4) is 0 Å². The van der Waals surface area contributed by atoms with Gasteiger partial charge in [-0.1, -0.05) is 0 Å². The Balaban J connectivity index is 2.80. The molecule has 0 aromatic carbocycles. The van der Waals surface area contributed by atoms with Crippen LogP contribution < -0.4 is 0 Å². The van der Waals surface area contributed by atoms with E-state index in [0.29, 0.717) is 2.66 Å². The van der Waals surface area contributed by atoms with Crippen LogP contribution in [-0.2, 0) is 0 Å². The third-order valence-electron chi connectivity index (χ3n) is 0. The van der Waals surface area contributed by atoms with E-state index in [1.165, 1.54) is 0 Å². The molecule has 0 unspecified atom stereocenters. The summed E-state index contributed by atoms with van der Waals surface area (Å²) in [6, 6.07) is 0. The van der Waals surface area contributed by atoms with E-state index in [2.05, 4.69) is 16.0 Å². The second-order valence-corrected chi connectivity index (χ2v) is 4.12. The molecule has 0 aliphatic rings. The molecule has 1 N–H and O–H groups in total. The van der Waals surface area contributed by atoms with Gasteiger partial charge >= 0.3 is 46.4 Å². The average Bonchev–Trinajstić information content (AvgIpc) is 0.811. The Morgan fingerprint density at radius 2 is 2.00 bits per heavy atom. The van der Waals surface area contributed by atoms with E-state index in [-0.39, 0.29) is 0 Å². The standard InChI is InChI=1S/CHNSeTe/c2-1(3)4/h2H. The van der Waals surface area contributed by atoms with Crippen molar-refractivity contribution in [3.05, 3.63) is 0 Å². The number of rotatable bonds is 0. The van der Waals surface area contributed by atoms with Gasteiger partial charge in [-0.25, -0.2) is 0 Å². The van der Waals surface area contributed by atoms with Crippen molar-refractivity contribution in [1.82, 2.24) is 0 Å². The first kappa shape index (κ1) is 4.98. The first-order valence-electron chi connectivity index (χ1n) is 0.658. The Hall–Kier alpha value is 0.979. The van der Waals surface area contributed by atoms with Crippen LogP contribution in [0.2, 0.25) is 0 Å². The van der Waals surface area contributed by atoms with Gasteiger partial charge < -0.3 is 0 Å². The molecule has 0 aromatic rings. The minimum absolute atomic E-state index is 0.552. The van der Waals surface area contributed by atoms with Gasteiger partial charge in [0.25, 0.3) is 0 Å². The third kappa shape index (κ3) is 12.2. The molecular formula is CHNSeTe. The van der Waals surface area contributed by atoms with Crippen LogP contribution >= 0.6 is 0 Å². The molecule has 0 heterocycles. The summed E-state index contributed by atoms with van der Waals surface area (Å²) in [4.78, 5) is 0. The predicted octanol–water partition coefficient (Wildman–Crippen LogP) is -0.742. The van der Waals surface area contributed by atoms with Gasteiger partial charge in [-0.15, -0.1) is 0 Å². The third-order valence-corrected chi connectivity index (χ3v) is 0. The molecule has 0 atom stereocenters. The van der Waals surface area contributed by atoms with E-state index >= 15 is 0 Å². The fraction of sp³-hybridized carbons (Fsp3) is 0. The molecule has 0 bridgehead atoms. The average molecular weight is 234 g/mol. The summed E-state index contributed by atoms with van der Waals surface area (Å²) in [5.41, 5.74) is 0. The first-order chi connectivity index (χ1) is 1.73. The molecule has 0 saturated heterocycles. The number of hydrogen-bond acceptors (Lipinski definition) is 1. The Bertz CT molecular complexity index is 31.0. The van der Waals surface area contributed by atoms with Crippen molar-refractivity contribution >= 4 is 41.0 Å². The van der Waals surface area contributed by atoms with Crippen LogP contribution in [0.15, 0.2) is 0 Å². The van der Waals surface area contributed by atoms with Crippen molar-refractivity contribution in [3.63, 3.8) is 0 Å². The normalized spacial score (nSPS) is 6.00. The van der Waals surface area contributed by atoms with Gasteiger partial charge in [0.2, 0.25) is 0 Å². The van der Waals surface area contributed by atoms with Gasteiger partial charge in [-0.3, -0.25) is 0 Å². The molecule has 2 radical (unpaired) electrons. The molecule has 0 amide bonds. The molecule has 0 aliphatic carbocycles. The molecule has 4 heavy (non-hydrogen) atoms. The molecule has 0 rings (SSSR count). The van der Waals surface area contributed by atoms with Crippen molar-refractivity contribution in [3.8, 4) is 0 Å². The predicted molar refractivity (Wildman–Crippen MR) is 19.2 cm³/mol. The summed E-state index contributed by atoms with van der Waals surface area (Å²) in [5, 5.41) is 6.45. The van der Waals surface area contributed by atoms with Crippen LogP contribution in [0.1, 0.15) is 0 Å². The molecule has 1 nitrogen and oxygen atoms in total. The zero-order valence-electron chi connectivity index (χ0n) is 1.82. The van der Waals surface area contributed by atoms with Crippen molar-refractivity contribution in [1.29, 1.82) is 5.41 Å². The van der Waals surface area contributed by atoms with E-state index in [0.717, 1.165) is 0 Å². The maximum absolute atomic E-state index is 6.45. The Morgan fingerprint density at radius 1 is 2.00 bits per heavy atom. The fourth-order valence-electron chi connectivity index (χ4n) is 0. The van der Waals surface area contributed by atoms with E-state index in [1.807, 2.05) is 0 Å². The minimum atomic E-state index is 0.552. The zero-order valence-corrected chi connectivity index (χ0v) is 5.86. The summed E-state index contributed by atoms with van der Waals surface area (Å²) < 4.78 is 0.552. The van der Waals surface area contributed by atoms with Gasteiger partial charge in [-0.05, 0) is 0 Å². The SMILES string of the molecule is N=C([Se])[Te]. The fourth-order valence-corrected chi connectivity index (χ4v) is 0. The molecule has 0 saturated carbocycles. The summed E-state index contributed by atoms with van der Waals surface area (Å²) in [6.45, 7) is 0. The summed E-state index contributed by atoms with van der Waals surface area (Å²) in [6.07, 6.45) is 0. The summed E-state index contributed by atoms with van der Waals surface area (Å²) in [7, 11) is 0. The summed E-state index contributed by atoms with van der Waals surface area (Å²) >= 11 is 4.13. The van der Waals surface area contributed by atoms with E-state index in [4.69, 9.17) is 5.41 Å². The van der Waals surface area contributed by atoms with Crippen molar-refractivity contribution in [2.75, 3.05) is 0 Å². The van der Waals surface area contributed by atoms with Crippen molar-refractivity contribution in [2.24, 2.45) is 0 Å². The Kier molecular flexibility index (Phi) is 2.78.